The highest BCUT2D eigenvalue weighted by atomic mass is 31.2. The Kier molecular flexibility index (Phi) is 13.7. The van der Waals surface area contributed by atoms with Crippen molar-refractivity contribution in [3.8, 4) is 0 Å². The van der Waals surface area contributed by atoms with Crippen LogP contribution in [0.2, 0.25) is 0 Å². The molecule has 2 aliphatic rings. The molecule has 0 aliphatic carbocycles. The van der Waals surface area contributed by atoms with Gasteiger partial charge in [-0.15, -0.1) is 0 Å². The summed E-state index contributed by atoms with van der Waals surface area (Å²) in [6, 6.07) is -0.506. The van der Waals surface area contributed by atoms with Crippen molar-refractivity contribution in [3.05, 3.63) is 12.0 Å². The molecule has 2 fully saturated rings. The molecular weight excluding hydrogens is 541 g/mol. The average Bonchev–Trinajstić information content (AvgIpc) is 3.71. The lowest BCUT2D eigenvalue weighted by Crippen LogP contribution is -2.40. The highest BCUT2D eigenvalue weighted by molar-refractivity contribution is 7.59. The van der Waals surface area contributed by atoms with E-state index in [1.807, 2.05) is 16.3 Å². The third-order valence-corrected chi connectivity index (χ3v) is 9.49. The van der Waals surface area contributed by atoms with Crippen molar-refractivity contribution < 1.29 is 33.1 Å². The second-order valence-corrected chi connectivity index (χ2v) is 12.1. The molecule has 3 N–H and O–H groups in total. The highest BCUT2D eigenvalue weighted by Gasteiger charge is 2.47. The molecule has 2 atom stereocenters. The van der Waals surface area contributed by atoms with Gasteiger partial charge in [-0.05, 0) is 39.0 Å². The van der Waals surface area contributed by atoms with E-state index in [2.05, 4.69) is 14.7 Å². The Morgan fingerprint density at radius 3 is 2.40 bits per heavy atom. The number of rotatable bonds is 12. The van der Waals surface area contributed by atoms with Crippen LogP contribution in [0.5, 0.6) is 0 Å². The number of carbonyl (C=O) groups is 2. The van der Waals surface area contributed by atoms with Crippen LogP contribution in [0.1, 0.15) is 58.6 Å². The summed E-state index contributed by atoms with van der Waals surface area (Å²) >= 11 is 0. The molecule has 0 saturated carbocycles. The molecule has 0 aromatic carbocycles. The van der Waals surface area contributed by atoms with E-state index in [9.17, 15) is 14.2 Å². The van der Waals surface area contributed by atoms with Crippen LogP contribution >= 0.6 is 7.44 Å². The Hall–Kier alpha value is -2.80. The monoisotopic (exact) mass is 585 g/mol. The standard InChI is InChI=1S/C22H38N7O5P.C3H6O2/c1-4-13-34-20(24)19-21(26-17(2)23)27(15-25-19)12-14-33-16-35(31,28-9-5-6-10-28)29-11-7-8-18(29)22(30)32-3;1-3(4)5-2/h15,18,24H,4-14,16H2,1-3H3,(H2,23,26);1-2H3/t18-,35?;/m0./s1. The first-order valence-corrected chi connectivity index (χ1v) is 15.3. The van der Waals surface area contributed by atoms with Crippen LogP contribution in [0.4, 0.5) is 5.82 Å². The molecular formula is C25H44N7O7P. The highest BCUT2D eigenvalue weighted by Crippen LogP contribution is 2.57. The van der Waals surface area contributed by atoms with Gasteiger partial charge < -0.3 is 29.2 Å². The molecule has 0 radical (unpaired) electrons. The van der Waals surface area contributed by atoms with Gasteiger partial charge in [0.15, 0.2) is 11.5 Å². The lowest BCUT2D eigenvalue weighted by molar-refractivity contribution is -0.144. The zero-order valence-electron chi connectivity index (χ0n) is 24.3. The Morgan fingerprint density at radius 1 is 1.15 bits per heavy atom. The van der Waals surface area contributed by atoms with Crippen molar-refractivity contribution in [2.24, 2.45) is 10.7 Å². The van der Waals surface area contributed by atoms with Gasteiger partial charge in [-0.2, -0.15) is 0 Å². The SMILES string of the molecule is CCCOC(=N)c1ncn(CCOCP(=O)(N2CCCC2)N2CCC[C@H]2C(=O)OC)c1/N=C(\C)N.COC(C)=O. The van der Waals surface area contributed by atoms with E-state index in [4.69, 9.17) is 25.4 Å². The van der Waals surface area contributed by atoms with Crippen molar-refractivity contribution >= 4 is 36.9 Å². The quantitative estimate of drug-likeness (QED) is 0.121. The number of ether oxygens (including phenoxy) is 4. The van der Waals surface area contributed by atoms with Crippen molar-refractivity contribution in [3.63, 3.8) is 0 Å². The third-order valence-electron chi connectivity index (χ3n) is 6.41. The summed E-state index contributed by atoms with van der Waals surface area (Å²) in [5.74, 6) is 0.0968. The second kappa shape index (κ2) is 16.5. The number of nitrogens with two attached hydrogens (primary N) is 1. The zero-order valence-corrected chi connectivity index (χ0v) is 25.2. The number of carbonyl (C=O) groups excluding carboxylic acids is 2. The number of hydrogen-bond donors (Lipinski definition) is 2. The van der Waals surface area contributed by atoms with E-state index in [0.29, 0.717) is 43.5 Å². The second-order valence-electron chi connectivity index (χ2n) is 9.44. The molecule has 1 aromatic heterocycles. The molecule has 14 nitrogen and oxygen atoms in total. The fourth-order valence-corrected chi connectivity index (χ4v) is 7.45. The topological polar surface area (TPSA) is 175 Å². The van der Waals surface area contributed by atoms with Crippen LogP contribution in [0.3, 0.4) is 0 Å². The van der Waals surface area contributed by atoms with Crippen LogP contribution in [-0.4, -0.2) is 102 Å². The summed E-state index contributed by atoms with van der Waals surface area (Å²) in [6.45, 7) is 8.05. The molecule has 40 heavy (non-hydrogen) atoms. The first-order chi connectivity index (χ1) is 19.1. The fraction of sp³-hybridized carbons (Fsp3) is 0.720. The minimum atomic E-state index is -3.10. The van der Waals surface area contributed by atoms with Gasteiger partial charge in [-0.1, -0.05) is 6.92 Å². The van der Waals surface area contributed by atoms with Crippen molar-refractivity contribution in [2.75, 3.05) is 53.4 Å². The molecule has 15 heteroatoms. The lowest BCUT2D eigenvalue weighted by atomic mass is 10.2. The smallest absolute Gasteiger partial charge is 0.323 e. The van der Waals surface area contributed by atoms with E-state index in [0.717, 1.165) is 38.8 Å². The molecule has 0 bridgehead atoms. The van der Waals surface area contributed by atoms with Crippen LogP contribution in [0, 0.1) is 5.41 Å². The number of hydrogen-bond acceptors (Lipinski definition) is 10. The Bertz CT molecular complexity index is 1070. The van der Waals surface area contributed by atoms with Gasteiger partial charge in [0.2, 0.25) is 13.3 Å². The first kappa shape index (κ1) is 33.4. The fourth-order valence-electron chi connectivity index (χ4n) is 4.44. The molecule has 2 aliphatic heterocycles. The number of aliphatic imine (C=N–C) groups is 1. The maximum Gasteiger partial charge on any atom is 0.323 e. The summed E-state index contributed by atoms with van der Waals surface area (Å²) in [4.78, 5) is 30.6. The summed E-state index contributed by atoms with van der Waals surface area (Å²) in [6.07, 6.45) is 5.74. The molecule has 3 heterocycles. The molecule has 2 saturated heterocycles. The van der Waals surface area contributed by atoms with Gasteiger partial charge in [0.1, 0.15) is 12.4 Å². The maximum absolute atomic E-state index is 14.3. The van der Waals surface area contributed by atoms with E-state index in [-0.39, 0.29) is 30.8 Å². The number of nitrogens with zero attached hydrogens (tertiary/aromatic N) is 5. The zero-order chi connectivity index (χ0) is 29.7. The van der Waals surface area contributed by atoms with Crippen LogP contribution in [-0.2, 0) is 39.6 Å². The van der Waals surface area contributed by atoms with E-state index >= 15 is 0 Å². The molecule has 3 rings (SSSR count). The summed E-state index contributed by atoms with van der Waals surface area (Å²) in [7, 11) is -0.383. The average molecular weight is 586 g/mol. The van der Waals surface area contributed by atoms with Crippen LogP contribution in [0.25, 0.3) is 0 Å². The molecule has 1 aromatic rings. The van der Waals surface area contributed by atoms with E-state index < -0.39 is 13.5 Å². The molecule has 0 amide bonds. The minimum absolute atomic E-state index is 0.0198. The van der Waals surface area contributed by atoms with Gasteiger partial charge in [-0.3, -0.25) is 19.6 Å². The normalized spacial score (nSPS) is 19.4. The summed E-state index contributed by atoms with van der Waals surface area (Å²) in [5.41, 5.74) is 6.11. The van der Waals surface area contributed by atoms with Gasteiger partial charge >= 0.3 is 11.9 Å². The summed E-state index contributed by atoms with van der Waals surface area (Å²) < 4.78 is 40.3. The predicted molar refractivity (Wildman–Crippen MR) is 151 cm³/mol. The Labute approximate surface area is 236 Å². The minimum Gasteiger partial charge on any atom is -0.476 e. The summed E-state index contributed by atoms with van der Waals surface area (Å²) in [5, 5.41) is 8.16. The molecule has 0 spiro atoms. The number of amidine groups is 1. The number of imidazole rings is 1. The predicted octanol–water partition coefficient (Wildman–Crippen LogP) is 2.72. The molecule has 226 valence electrons. The third kappa shape index (κ3) is 9.12. The molecule has 1 unspecified atom stereocenters. The van der Waals surface area contributed by atoms with Crippen LogP contribution in [0.15, 0.2) is 11.3 Å². The van der Waals surface area contributed by atoms with Gasteiger partial charge in [-0.25, -0.2) is 19.3 Å². The number of esters is 2. The number of aromatic nitrogens is 2. The van der Waals surface area contributed by atoms with Gasteiger partial charge in [0.25, 0.3) is 0 Å². The van der Waals surface area contributed by atoms with Crippen molar-refractivity contribution in [2.45, 2.75) is 65.5 Å². The largest absolute Gasteiger partial charge is 0.476 e. The maximum atomic E-state index is 14.3. The number of methoxy groups -OCH3 is 2. The Balaban J connectivity index is 0.00000103. The first-order valence-electron chi connectivity index (χ1n) is 13.5. The van der Waals surface area contributed by atoms with Crippen molar-refractivity contribution in [1.29, 1.82) is 5.41 Å². The lowest BCUT2D eigenvalue weighted by Gasteiger charge is -2.37. The van der Waals surface area contributed by atoms with E-state index in [1.165, 1.54) is 21.1 Å². The van der Waals surface area contributed by atoms with E-state index in [1.54, 1.807) is 17.8 Å². The van der Waals surface area contributed by atoms with Crippen LogP contribution < -0.4 is 5.73 Å². The van der Waals surface area contributed by atoms with Gasteiger partial charge in [0.05, 0.1) is 39.6 Å². The van der Waals surface area contributed by atoms with Crippen molar-refractivity contribution in [1.82, 2.24) is 18.9 Å². The Morgan fingerprint density at radius 2 is 1.82 bits per heavy atom. The number of nitrogens with one attached hydrogen (secondary N) is 1. The van der Waals surface area contributed by atoms with Gasteiger partial charge in [0, 0.05) is 33.1 Å².